The van der Waals surface area contributed by atoms with Crippen molar-refractivity contribution in [1.29, 1.82) is 0 Å². The van der Waals surface area contributed by atoms with Crippen LogP contribution in [0.5, 0.6) is 0 Å². The molecule has 0 saturated carbocycles. The molecule has 0 unspecified atom stereocenters. The number of hydrogen-bond acceptors (Lipinski definition) is 3. The molecule has 0 aliphatic rings. The normalized spacial score (nSPS) is 11.2. The first-order chi connectivity index (χ1) is 10.3. The number of nitrogens with one attached hydrogen (secondary N) is 1. The van der Waals surface area contributed by atoms with Crippen LogP contribution >= 0.6 is 0 Å². The van der Waals surface area contributed by atoms with Gasteiger partial charge in [0.2, 0.25) is 0 Å². The van der Waals surface area contributed by atoms with E-state index in [1.807, 2.05) is 13.0 Å². The summed E-state index contributed by atoms with van der Waals surface area (Å²) in [5.41, 5.74) is 1.90. The van der Waals surface area contributed by atoms with Crippen LogP contribution in [-0.2, 0) is 16.4 Å². The molecule has 2 rings (SSSR count). The Kier molecular flexibility index (Phi) is 4.51. The third-order valence-corrected chi connectivity index (χ3v) is 4.84. The van der Waals surface area contributed by atoms with Crippen LogP contribution in [0.2, 0.25) is 0 Å². The molecule has 0 radical (unpaired) electrons. The zero-order valence-electron chi connectivity index (χ0n) is 12.3. The summed E-state index contributed by atoms with van der Waals surface area (Å²) in [5.74, 6) is -1.16. The van der Waals surface area contributed by atoms with E-state index in [0.717, 1.165) is 12.0 Å². The van der Waals surface area contributed by atoms with Crippen LogP contribution in [0, 0.1) is 6.92 Å². The van der Waals surface area contributed by atoms with E-state index in [9.17, 15) is 13.2 Å². The molecule has 0 amide bonds. The Morgan fingerprint density at radius 1 is 1.18 bits per heavy atom. The molecule has 0 saturated heterocycles. The van der Waals surface area contributed by atoms with Crippen LogP contribution < -0.4 is 4.72 Å². The average molecular weight is 319 g/mol. The van der Waals surface area contributed by atoms with Gasteiger partial charge >= 0.3 is 5.97 Å². The van der Waals surface area contributed by atoms with Crippen LogP contribution in [0.3, 0.4) is 0 Å². The number of sulfonamides is 1. The monoisotopic (exact) mass is 319 g/mol. The van der Waals surface area contributed by atoms with Gasteiger partial charge in [-0.15, -0.1) is 0 Å². The molecule has 0 heterocycles. The fourth-order valence-electron chi connectivity index (χ4n) is 2.09. The Balaban J connectivity index is 2.42. The number of rotatable bonds is 5. The van der Waals surface area contributed by atoms with E-state index in [1.165, 1.54) is 18.2 Å². The number of carbonyl (C=O) groups is 1. The summed E-state index contributed by atoms with van der Waals surface area (Å²) in [7, 11) is -3.84. The van der Waals surface area contributed by atoms with Crippen molar-refractivity contribution in [3.05, 3.63) is 59.2 Å². The van der Waals surface area contributed by atoms with Crippen molar-refractivity contribution in [2.75, 3.05) is 4.72 Å². The van der Waals surface area contributed by atoms with Crippen molar-refractivity contribution in [2.24, 2.45) is 0 Å². The maximum Gasteiger partial charge on any atom is 0.335 e. The molecule has 116 valence electrons. The zero-order valence-corrected chi connectivity index (χ0v) is 13.1. The number of benzene rings is 2. The summed E-state index contributed by atoms with van der Waals surface area (Å²) in [6, 6.07) is 11.1. The molecule has 0 aliphatic carbocycles. The van der Waals surface area contributed by atoms with E-state index >= 15 is 0 Å². The Hall–Kier alpha value is -2.34. The lowest BCUT2D eigenvalue weighted by molar-refractivity contribution is 0.0696. The van der Waals surface area contributed by atoms with Gasteiger partial charge in [0.15, 0.2) is 0 Å². The quantitative estimate of drug-likeness (QED) is 0.887. The third-order valence-electron chi connectivity index (χ3n) is 3.31. The Morgan fingerprint density at radius 3 is 2.55 bits per heavy atom. The summed E-state index contributed by atoms with van der Waals surface area (Å²) in [6.07, 6.45) is 0.795. The predicted molar refractivity (Wildman–Crippen MR) is 84.8 cm³/mol. The zero-order chi connectivity index (χ0) is 16.3. The minimum atomic E-state index is -3.84. The molecule has 6 heteroatoms. The molecule has 0 spiro atoms. The average Bonchev–Trinajstić information content (AvgIpc) is 2.47. The van der Waals surface area contributed by atoms with Crippen LogP contribution in [-0.4, -0.2) is 19.5 Å². The van der Waals surface area contributed by atoms with Gasteiger partial charge in [-0.3, -0.25) is 4.72 Å². The fourth-order valence-corrected chi connectivity index (χ4v) is 3.41. The van der Waals surface area contributed by atoms with E-state index in [1.54, 1.807) is 25.1 Å². The van der Waals surface area contributed by atoms with Crippen LogP contribution in [0.15, 0.2) is 47.4 Å². The molecule has 22 heavy (non-hydrogen) atoms. The maximum atomic E-state index is 12.5. The molecule has 2 aromatic carbocycles. The van der Waals surface area contributed by atoms with E-state index in [4.69, 9.17) is 5.11 Å². The van der Waals surface area contributed by atoms with Gasteiger partial charge in [0.05, 0.1) is 10.5 Å². The van der Waals surface area contributed by atoms with Crippen molar-refractivity contribution in [3.8, 4) is 0 Å². The SMILES string of the molecule is CCc1cccc(NS(=O)(=O)c2cc(C(=O)O)ccc2C)c1. The molecule has 2 aromatic rings. The van der Waals surface area contributed by atoms with Gasteiger partial charge in [0.1, 0.15) is 0 Å². The summed E-state index contributed by atoms with van der Waals surface area (Å²) in [6.45, 7) is 3.61. The van der Waals surface area contributed by atoms with Gasteiger partial charge < -0.3 is 5.11 Å². The number of aromatic carboxylic acids is 1. The second-order valence-electron chi connectivity index (χ2n) is 4.94. The van der Waals surface area contributed by atoms with Gasteiger partial charge in [-0.1, -0.05) is 25.1 Å². The van der Waals surface area contributed by atoms with E-state index in [0.29, 0.717) is 11.3 Å². The fraction of sp³-hybridized carbons (Fsp3) is 0.188. The lowest BCUT2D eigenvalue weighted by atomic mass is 10.1. The van der Waals surface area contributed by atoms with Crippen LogP contribution in [0.25, 0.3) is 0 Å². The van der Waals surface area contributed by atoms with Gasteiger partial charge in [-0.25, -0.2) is 13.2 Å². The predicted octanol–water partition coefficient (Wildman–Crippen LogP) is 3.06. The summed E-state index contributed by atoms with van der Waals surface area (Å²) >= 11 is 0. The van der Waals surface area contributed by atoms with Crippen molar-refractivity contribution >= 4 is 21.7 Å². The minimum Gasteiger partial charge on any atom is -0.478 e. The largest absolute Gasteiger partial charge is 0.478 e. The highest BCUT2D eigenvalue weighted by Crippen LogP contribution is 2.21. The maximum absolute atomic E-state index is 12.5. The molecule has 2 N–H and O–H groups in total. The van der Waals surface area contributed by atoms with Gasteiger partial charge in [-0.2, -0.15) is 0 Å². The molecule has 0 aliphatic heterocycles. The van der Waals surface area contributed by atoms with Gasteiger partial charge in [-0.05, 0) is 48.7 Å². The number of anilines is 1. The van der Waals surface area contributed by atoms with E-state index in [2.05, 4.69) is 4.72 Å². The lowest BCUT2D eigenvalue weighted by Crippen LogP contribution is -2.15. The van der Waals surface area contributed by atoms with Crippen LogP contribution in [0.4, 0.5) is 5.69 Å². The van der Waals surface area contributed by atoms with E-state index < -0.39 is 16.0 Å². The number of aryl methyl sites for hydroxylation is 2. The topological polar surface area (TPSA) is 83.5 Å². The molecule has 0 bridgehead atoms. The first-order valence-corrected chi connectivity index (χ1v) is 8.27. The first-order valence-electron chi connectivity index (χ1n) is 6.79. The summed E-state index contributed by atoms with van der Waals surface area (Å²) in [4.78, 5) is 11.0. The van der Waals surface area contributed by atoms with Crippen molar-refractivity contribution in [3.63, 3.8) is 0 Å². The second-order valence-corrected chi connectivity index (χ2v) is 6.60. The first kappa shape index (κ1) is 16.0. The van der Waals surface area contributed by atoms with Crippen molar-refractivity contribution < 1.29 is 18.3 Å². The van der Waals surface area contributed by atoms with Crippen molar-refractivity contribution in [2.45, 2.75) is 25.2 Å². The van der Waals surface area contributed by atoms with E-state index in [-0.39, 0.29) is 10.5 Å². The highest BCUT2D eigenvalue weighted by molar-refractivity contribution is 7.92. The lowest BCUT2D eigenvalue weighted by Gasteiger charge is -2.12. The summed E-state index contributed by atoms with van der Waals surface area (Å²) < 4.78 is 27.5. The van der Waals surface area contributed by atoms with Gasteiger partial charge in [0.25, 0.3) is 10.0 Å². The molecular weight excluding hydrogens is 302 g/mol. The number of carboxylic acid groups (broad SMARTS) is 1. The number of hydrogen-bond donors (Lipinski definition) is 2. The molecule has 0 atom stereocenters. The Labute approximate surface area is 129 Å². The standard InChI is InChI=1S/C16H17NO4S/c1-3-12-5-4-6-14(9-12)17-22(20,21)15-10-13(16(18)19)8-7-11(15)2/h4-10,17H,3H2,1-2H3,(H,18,19). The smallest absolute Gasteiger partial charge is 0.335 e. The third kappa shape index (κ3) is 3.46. The second kappa shape index (κ2) is 6.19. The van der Waals surface area contributed by atoms with Gasteiger partial charge in [0, 0.05) is 5.69 Å². The van der Waals surface area contributed by atoms with Crippen LogP contribution in [0.1, 0.15) is 28.4 Å². The molecule has 5 nitrogen and oxygen atoms in total. The highest BCUT2D eigenvalue weighted by Gasteiger charge is 2.19. The Morgan fingerprint density at radius 2 is 1.91 bits per heavy atom. The Bertz CT molecular complexity index is 813. The number of carboxylic acids is 1. The molecule has 0 fully saturated rings. The van der Waals surface area contributed by atoms with Crippen molar-refractivity contribution in [1.82, 2.24) is 0 Å². The minimum absolute atomic E-state index is 0.0331. The highest BCUT2D eigenvalue weighted by atomic mass is 32.2. The molecular formula is C16H17NO4S. The summed E-state index contributed by atoms with van der Waals surface area (Å²) in [5, 5.41) is 9.01. The molecule has 0 aromatic heterocycles.